The van der Waals surface area contributed by atoms with Crippen molar-refractivity contribution in [2.24, 2.45) is 0 Å². The molecular formula is C14H12BrN3. The summed E-state index contributed by atoms with van der Waals surface area (Å²) in [7, 11) is 0. The van der Waals surface area contributed by atoms with E-state index in [1.165, 1.54) is 5.56 Å². The Morgan fingerprint density at radius 2 is 2.06 bits per heavy atom. The maximum Gasteiger partial charge on any atom is 0.126 e. The standard InChI is InChI=1S/C14H12BrN3/c1-10(12-4-2-3-5-13(12)15)18-14-7-6-11(8-16)9-17-14/h2-7,9-10H,1H3,(H,17,18)/t10-/m1/s1. The van der Waals surface area contributed by atoms with E-state index in [-0.39, 0.29) is 6.04 Å². The summed E-state index contributed by atoms with van der Waals surface area (Å²) in [4.78, 5) is 4.20. The van der Waals surface area contributed by atoms with Gasteiger partial charge in [-0.3, -0.25) is 0 Å². The third-order valence-electron chi connectivity index (χ3n) is 2.63. The zero-order valence-corrected chi connectivity index (χ0v) is 11.5. The van der Waals surface area contributed by atoms with Gasteiger partial charge in [-0.05, 0) is 30.7 Å². The van der Waals surface area contributed by atoms with Crippen molar-refractivity contribution >= 4 is 21.7 Å². The Morgan fingerprint density at radius 3 is 2.67 bits per heavy atom. The Balaban J connectivity index is 2.14. The van der Waals surface area contributed by atoms with E-state index in [4.69, 9.17) is 5.26 Å². The summed E-state index contributed by atoms with van der Waals surface area (Å²) in [5, 5.41) is 12.0. The van der Waals surface area contributed by atoms with Gasteiger partial charge in [0.25, 0.3) is 0 Å². The van der Waals surface area contributed by atoms with E-state index < -0.39 is 0 Å². The molecule has 1 atom stereocenters. The van der Waals surface area contributed by atoms with Crippen molar-refractivity contribution in [2.75, 3.05) is 5.32 Å². The second-order valence-corrected chi connectivity index (χ2v) is 4.79. The molecule has 1 N–H and O–H groups in total. The lowest BCUT2D eigenvalue weighted by Crippen LogP contribution is -2.08. The van der Waals surface area contributed by atoms with Gasteiger partial charge in [-0.25, -0.2) is 4.98 Å². The lowest BCUT2D eigenvalue weighted by atomic mass is 10.1. The quantitative estimate of drug-likeness (QED) is 0.935. The normalized spacial score (nSPS) is 11.6. The fourth-order valence-electron chi connectivity index (χ4n) is 1.67. The van der Waals surface area contributed by atoms with Gasteiger partial charge >= 0.3 is 0 Å². The van der Waals surface area contributed by atoms with Crippen LogP contribution in [0.5, 0.6) is 0 Å². The number of aromatic nitrogens is 1. The van der Waals surface area contributed by atoms with Crippen molar-refractivity contribution in [3.63, 3.8) is 0 Å². The second kappa shape index (κ2) is 5.65. The SMILES string of the molecule is C[C@@H](Nc1ccc(C#N)cn1)c1ccccc1Br. The Bertz CT molecular complexity index is 572. The fraction of sp³-hybridized carbons (Fsp3) is 0.143. The molecule has 0 amide bonds. The molecule has 3 nitrogen and oxygen atoms in total. The van der Waals surface area contributed by atoms with Crippen molar-refractivity contribution in [2.45, 2.75) is 13.0 Å². The zero-order valence-electron chi connectivity index (χ0n) is 9.89. The predicted molar refractivity (Wildman–Crippen MR) is 75.1 cm³/mol. The first kappa shape index (κ1) is 12.6. The molecule has 2 aromatic rings. The van der Waals surface area contributed by atoms with Gasteiger partial charge in [0.15, 0.2) is 0 Å². The third kappa shape index (κ3) is 2.88. The van der Waals surface area contributed by atoms with Crippen LogP contribution in [-0.4, -0.2) is 4.98 Å². The molecule has 0 bridgehead atoms. The van der Waals surface area contributed by atoms with Crippen LogP contribution in [0.2, 0.25) is 0 Å². The molecule has 0 aliphatic heterocycles. The van der Waals surface area contributed by atoms with Crippen molar-refractivity contribution in [1.29, 1.82) is 5.26 Å². The summed E-state index contributed by atoms with van der Waals surface area (Å²) < 4.78 is 1.07. The Labute approximate surface area is 115 Å². The monoisotopic (exact) mass is 301 g/mol. The first-order valence-electron chi connectivity index (χ1n) is 5.58. The molecule has 2 rings (SSSR count). The second-order valence-electron chi connectivity index (χ2n) is 3.93. The molecule has 1 aromatic heterocycles. The molecule has 90 valence electrons. The van der Waals surface area contributed by atoms with Crippen molar-refractivity contribution in [1.82, 2.24) is 4.98 Å². The molecule has 0 saturated carbocycles. The average Bonchev–Trinajstić information content (AvgIpc) is 2.40. The van der Waals surface area contributed by atoms with E-state index >= 15 is 0 Å². The van der Waals surface area contributed by atoms with Crippen molar-refractivity contribution in [3.05, 3.63) is 58.2 Å². The van der Waals surface area contributed by atoms with Crippen LogP contribution < -0.4 is 5.32 Å². The summed E-state index contributed by atoms with van der Waals surface area (Å²) >= 11 is 3.53. The minimum absolute atomic E-state index is 0.140. The highest BCUT2D eigenvalue weighted by Gasteiger charge is 2.08. The molecule has 18 heavy (non-hydrogen) atoms. The van der Waals surface area contributed by atoms with Crippen LogP contribution in [0.4, 0.5) is 5.82 Å². The smallest absolute Gasteiger partial charge is 0.126 e. The molecule has 1 heterocycles. The molecule has 1 aromatic carbocycles. The van der Waals surface area contributed by atoms with E-state index in [1.807, 2.05) is 24.3 Å². The number of hydrogen-bond donors (Lipinski definition) is 1. The largest absolute Gasteiger partial charge is 0.364 e. The Kier molecular flexibility index (Phi) is 3.96. The molecule has 0 unspecified atom stereocenters. The summed E-state index contributed by atoms with van der Waals surface area (Å²) in [6.45, 7) is 2.07. The highest BCUT2D eigenvalue weighted by molar-refractivity contribution is 9.10. The minimum Gasteiger partial charge on any atom is -0.364 e. The first-order valence-corrected chi connectivity index (χ1v) is 6.37. The van der Waals surface area contributed by atoms with Gasteiger partial charge < -0.3 is 5.32 Å². The van der Waals surface area contributed by atoms with E-state index in [0.717, 1.165) is 10.3 Å². The van der Waals surface area contributed by atoms with Crippen molar-refractivity contribution in [3.8, 4) is 6.07 Å². The average molecular weight is 302 g/mol. The van der Waals surface area contributed by atoms with Crippen molar-refractivity contribution < 1.29 is 0 Å². The van der Waals surface area contributed by atoms with Crippen LogP contribution in [0.25, 0.3) is 0 Å². The molecule has 0 saturated heterocycles. The number of pyridine rings is 1. The predicted octanol–water partition coefficient (Wildman–Crippen LogP) is 3.89. The van der Waals surface area contributed by atoms with Crippen LogP contribution in [0.3, 0.4) is 0 Å². The Hall–Kier alpha value is -1.86. The molecular weight excluding hydrogens is 290 g/mol. The minimum atomic E-state index is 0.140. The molecule has 0 fully saturated rings. The van der Waals surface area contributed by atoms with Gasteiger partial charge in [-0.15, -0.1) is 0 Å². The van der Waals surface area contributed by atoms with Crippen LogP contribution in [0.1, 0.15) is 24.1 Å². The fourth-order valence-corrected chi connectivity index (χ4v) is 2.30. The van der Waals surface area contributed by atoms with Gasteiger partial charge in [0, 0.05) is 10.7 Å². The zero-order chi connectivity index (χ0) is 13.0. The number of anilines is 1. The highest BCUT2D eigenvalue weighted by atomic mass is 79.9. The molecule has 0 spiro atoms. The van der Waals surface area contributed by atoms with Crippen LogP contribution in [0.15, 0.2) is 47.1 Å². The van der Waals surface area contributed by atoms with Gasteiger partial charge in [-0.2, -0.15) is 5.26 Å². The first-order chi connectivity index (χ1) is 8.70. The number of nitrogens with zero attached hydrogens (tertiary/aromatic N) is 2. The van der Waals surface area contributed by atoms with E-state index in [2.05, 4.69) is 45.3 Å². The van der Waals surface area contributed by atoms with Gasteiger partial charge in [0.1, 0.15) is 11.9 Å². The van der Waals surface area contributed by atoms with E-state index in [1.54, 1.807) is 12.3 Å². The number of rotatable bonds is 3. The summed E-state index contributed by atoms with van der Waals surface area (Å²) in [6.07, 6.45) is 1.56. The lowest BCUT2D eigenvalue weighted by molar-refractivity contribution is 0.869. The maximum absolute atomic E-state index is 8.71. The van der Waals surface area contributed by atoms with Crippen LogP contribution >= 0.6 is 15.9 Å². The maximum atomic E-state index is 8.71. The molecule has 4 heteroatoms. The summed E-state index contributed by atoms with van der Waals surface area (Å²) in [5.41, 5.74) is 1.73. The number of nitrogens with one attached hydrogen (secondary N) is 1. The third-order valence-corrected chi connectivity index (χ3v) is 3.35. The van der Waals surface area contributed by atoms with Gasteiger partial charge in [-0.1, -0.05) is 34.1 Å². The van der Waals surface area contributed by atoms with Crippen LogP contribution in [0, 0.1) is 11.3 Å². The van der Waals surface area contributed by atoms with Gasteiger partial charge in [0.2, 0.25) is 0 Å². The van der Waals surface area contributed by atoms with Crippen LogP contribution in [-0.2, 0) is 0 Å². The molecule has 0 aliphatic rings. The van der Waals surface area contributed by atoms with E-state index in [9.17, 15) is 0 Å². The molecule has 0 radical (unpaired) electrons. The lowest BCUT2D eigenvalue weighted by Gasteiger charge is -2.16. The number of hydrogen-bond acceptors (Lipinski definition) is 3. The van der Waals surface area contributed by atoms with Gasteiger partial charge in [0.05, 0.1) is 11.6 Å². The summed E-state index contributed by atoms with van der Waals surface area (Å²) in [6, 6.07) is 13.8. The number of halogens is 1. The number of benzene rings is 1. The van der Waals surface area contributed by atoms with E-state index in [0.29, 0.717) is 5.56 Å². The topological polar surface area (TPSA) is 48.7 Å². The Morgan fingerprint density at radius 1 is 1.28 bits per heavy atom. The molecule has 0 aliphatic carbocycles. The highest BCUT2D eigenvalue weighted by Crippen LogP contribution is 2.25. The number of nitriles is 1. The summed E-state index contributed by atoms with van der Waals surface area (Å²) in [5.74, 6) is 0.761.